The van der Waals surface area contributed by atoms with Gasteiger partial charge in [-0.15, -0.1) is 0 Å². The van der Waals surface area contributed by atoms with E-state index >= 15 is 0 Å². The van der Waals surface area contributed by atoms with Crippen molar-refractivity contribution in [2.75, 3.05) is 4.90 Å². The minimum absolute atomic E-state index is 0.723. The first-order valence-electron chi connectivity index (χ1n) is 8.18. The molecule has 3 aromatic rings. The first-order valence-corrected chi connectivity index (χ1v) is 8.56. The van der Waals surface area contributed by atoms with Gasteiger partial charge in [0, 0.05) is 16.9 Å². The Balaban J connectivity index is 2.01. The van der Waals surface area contributed by atoms with E-state index in [1.54, 1.807) is 0 Å². The topological polar surface area (TPSA) is 3.24 Å². The van der Waals surface area contributed by atoms with Crippen molar-refractivity contribution in [2.45, 2.75) is 6.92 Å². The van der Waals surface area contributed by atoms with Crippen LogP contribution in [-0.2, 0) is 0 Å². The number of hydrogen-bond acceptors (Lipinski definition) is 1. The Hall–Kier alpha value is -2.77. The largest absolute Gasteiger partial charge is 0.317 e. The Bertz CT molecular complexity index is 880. The van der Waals surface area contributed by atoms with Gasteiger partial charge in [0.05, 0.1) is 5.69 Å². The lowest BCUT2D eigenvalue weighted by Gasteiger charge is -2.23. The highest BCUT2D eigenvalue weighted by Gasteiger charge is 2.10. The average Bonchev–Trinajstić information content (AvgIpc) is 2.64. The first kappa shape index (κ1) is 17.1. The molecule has 0 heterocycles. The molecule has 0 bridgehead atoms. The summed E-state index contributed by atoms with van der Waals surface area (Å²) in [5.74, 6) is 0. The lowest BCUT2D eigenvalue weighted by molar-refractivity contribution is 1.27. The molecule has 1 nitrogen and oxygen atoms in total. The van der Waals surface area contributed by atoms with Gasteiger partial charge in [-0.05, 0) is 54.4 Å². The van der Waals surface area contributed by atoms with Crippen molar-refractivity contribution in [2.24, 2.45) is 0 Å². The summed E-state index contributed by atoms with van der Waals surface area (Å²) < 4.78 is 0. The van der Waals surface area contributed by atoms with Crippen LogP contribution in [0.25, 0.3) is 12.2 Å². The number of nitrogens with zero attached hydrogens (tertiary/aromatic N) is 1. The molecule has 0 aliphatic heterocycles. The molecule has 0 spiro atoms. The third-order valence-electron chi connectivity index (χ3n) is 3.98. The number of anilines is 2. The van der Waals surface area contributed by atoms with Crippen molar-refractivity contribution in [1.82, 2.24) is 0 Å². The van der Waals surface area contributed by atoms with E-state index in [2.05, 4.69) is 60.9 Å². The standard InChI is InChI=1S/C23H20ClN/c1-3-25(22-14-12-21(24)13-15-22)23-16-9-18(2)17-20(23)11-10-19-7-5-4-6-8-19/h3-17H,1H2,2H3. The van der Waals surface area contributed by atoms with E-state index in [-0.39, 0.29) is 0 Å². The van der Waals surface area contributed by atoms with E-state index in [4.69, 9.17) is 11.6 Å². The summed E-state index contributed by atoms with van der Waals surface area (Å²) >= 11 is 6.02. The Morgan fingerprint density at radius 3 is 2.28 bits per heavy atom. The molecule has 0 radical (unpaired) electrons. The van der Waals surface area contributed by atoms with Crippen LogP contribution in [0.3, 0.4) is 0 Å². The van der Waals surface area contributed by atoms with Crippen LogP contribution in [0, 0.1) is 6.92 Å². The van der Waals surface area contributed by atoms with Gasteiger partial charge in [-0.2, -0.15) is 0 Å². The summed E-state index contributed by atoms with van der Waals surface area (Å²) in [5, 5.41) is 0.723. The van der Waals surface area contributed by atoms with Crippen molar-refractivity contribution in [1.29, 1.82) is 0 Å². The van der Waals surface area contributed by atoms with Crippen molar-refractivity contribution < 1.29 is 0 Å². The molecule has 0 aliphatic carbocycles. The predicted octanol–water partition coefficient (Wildman–Crippen LogP) is 7.10. The second-order valence-corrected chi connectivity index (χ2v) is 6.27. The van der Waals surface area contributed by atoms with Crippen LogP contribution in [0.2, 0.25) is 5.02 Å². The fourth-order valence-electron chi connectivity index (χ4n) is 2.72. The maximum Gasteiger partial charge on any atom is 0.0527 e. The van der Waals surface area contributed by atoms with E-state index in [9.17, 15) is 0 Å². The summed E-state index contributed by atoms with van der Waals surface area (Å²) in [5.41, 5.74) is 5.63. The van der Waals surface area contributed by atoms with E-state index in [1.165, 1.54) is 11.1 Å². The van der Waals surface area contributed by atoms with Crippen LogP contribution in [0.1, 0.15) is 16.7 Å². The molecule has 0 unspecified atom stereocenters. The van der Waals surface area contributed by atoms with Gasteiger partial charge in [-0.1, -0.05) is 72.3 Å². The second-order valence-electron chi connectivity index (χ2n) is 5.84. The second kappa shape index (κ2) is 7.87. The number of halogens is 1. The minimum Gasteiger partial charge on any atom is -0.317 e. The van der Waals surface area contributed by atoms with Crippen LogP contribution < -0.4 is 4.90 Å². The quantitative estimate of drug-likeness (QED) is 0.446. The number of rotatable bonds is 5. The van der Waals surface area contributed by atoms with Crippen molar-refractivity contribution in [3.8, 4) is 0 Å². The van der Waals surface area contributed by atoms with Crippen LogP contribution in [-0.4, -0.2) is 0 Å². The van der Waals surface area contributed by atoms with Crippen molar-refractivity contribution >= 4 is 35.1 Å². The van der Waals surface area contributed by atoms with Gasteiger partial charge >= 0.3 is 0 Å². The Labute approximate surface area is 154 Å². The molecule has 0 amide bonds. The number of hydrogen-bond donors (Lipinski definition) is 0. The van der Waals surface area contributed by atoms with E-state index in [1.807, 2.05) is 48.7 Å². The molecule has 0 N–H and O–H groups in total. The van der Waals surface area contributed by atoms with Crippen molar-refractivity contribution in [3.63, 3.8) is 0 Å². The van der Waals surface area contributed by atoms with Gasteiger partial charge in [0.1, 0.15) is 0 Å². The summed E-state index contributed by atoms with van der Waals surface area (Å²) in [6.07, 6.45) is 6.10. The Morgan fingerprint density at radius 2 is 1.60 bits per heavy atom. The van der Waals surface area contributed by atoms with Crippen LogP contribution >= 0.6 is 11.6 Å². The van der Waals surface area contributed by atoms with E-state index in [0.29, 0.717) is 0 Å². The molecule has 124 valence electrons. The Morgan fingerprint density at radius 1 is 0.880 bits per heavy atom. The molecular formula is C23H20ClN. The number of aryl methyl sites for hydroxylation is 1. The highest BCUT2D eigenvalue weighted by atomic mass is 35.5. The molecule has 2 heteroatoms. The molecule has 0 saturated carbocycles. The molecule has 25 heavy (non-hydrogen) atoms. The summed E-state index contributed by atoms with van der Waals surface area (Å²) in [7, 11) is 0. The molecule has 3 aromatic carbocycles. The average molecular weight is 346 g/mol. The lowest BCUT2D eigenvalue weighted by Crippen LogP contribution is -2.09. The summed E-state index contributed by atoms with van der Waals surface area (Å²) in [4.78, 5) is 2.07. The maximum absolute atomic E-state index is 6.02. The third-order valence-corrected chi connectivity index (χ3v) is 4.24. The smallest absolute Gasteiger partial charge is 0.0527 e. The predicted molar refractivity (Wildman–Crippen MR) is 110 cm³/mol. The third kappa shape index (κ3) is 4.20. The van der Waals surface area contributed by atoms with Crippen molar-refractivity contribution in [3.05, 3.63) is 107 Å². The highest BCUT2D eigenvalue weighted by Crippen LogP contribution is 2.31. The van der Waals surface area contributed by atoms with Gasteiger partial charge in [0.15, 0.2) is 0 Å². The van der Waals surface area contributed by atoms with E-state index < -0.39 is 0 Å². The lowest BCUT2D eigenvalue weighted by atomic mass is 10.1. The zero-order valence-electron chi connectivity index (χ0n) is 14.2. The van der Waals surface area contributed by atoms with Gasteiger partial charge < -0.3 is 4.90 Å². The number of benzene rings is 3. The maximum atomic E-state index is 6.02. The normalized spacial score (nSPS) is 10.8. The molecular weight excluding hydrogens is 326 g/mol. The van der Waals surface area contributed by atoms with Crippen LogP contribution in [0.5, 0.6) is 0 Å². The van der Waals surface area contributed by atoms with Gasteiger partial charge in [0.25, 0.3) is 0 Å². The molecule has 0 saturated heterocycles. The SMILES string of the molecule is C=CN(c1ccc(Cl)cc1)c1ccc(C)cc1C=Cc1ccccc1. The highest BCUT2D eigenvalue weighted by molar-refractivity contribution is 6.30. The minimum atomic E-state index is 0.723. The Kier molecular flexibility index (Phi) is 5.37. The molecule has 0 aliphatic rings. The molecule has 0 fully saturated rings. The van der Waals surface area contributed by atoms with Crippen LogP contribution in [0.15, 0.2) is 85.6 Å². The fraction of sp³-hybridized carbons (Fsp3) is 0.0435. The van der Waals surface area contributed by atoms with Gasteiger partial charge in [-0.25, -0.2) is 0 Å². The summed E-state index contributed by atoms with van der Waals surface area (Å²) in [6, 6.07) is 24.5. The molecule has 0 aromatic heterocycles. The van der Waals surface area contributed by atoms with Gasteiger partial charge in [0.2, 0.25) is 0 Å². The first-order chi connectivity index (χ1) is 12.2. The zero-order valence-corrected chi connectivity index (χ0v) is 14.9. The fourth-order valence-corrected chi connectivity index (χ4v) is 2.85. The molecule has 0 atom stereocenters. The summed E-state index contributed by atoms with van der Waals surface area (Å²) in [6.45, 7) is 6.09. The monoisotopic (exact) mass is 345 g/mol. The van der Waals surface area contributed by atoms with Crippen LogP contribution in [0.4, 0.5) is 11.4 Å². The zero-order chi connectivity index (χ0) is 17.6. The molecule has 3 rings (SSSR count). The van der Waals surface area contributed by atoms with E-state index in [0.717, 1.165) is 22.0 Å². The van der Waals surface area contributed by atoms with Gasteiger partial charge in [-0.3, -0.25) is 0 Å².